The fourth-order valence-electron chi connectivity index (χ4n) is 6.67. The monoisotopic (exact) mass is 526 g/mol. The van der Waals surface area contributed by atoms with Crippen molar-refractivity contribution in [3.8, 4) is 5.75 Å². The molecule has 0 bridgehead atoms. The van der Waals surface area contributed by atoms with Crippen LogP contribution in [0.25, 0.3) is 10.9 Å². The van der Waals surface area contributed by atoms with Crippen LogP contribution in [0.1, 0.15) is 51.5 Å². The molecule has 0 radical (unpaired) electrons. The Morgan fingerprint density at radius 1 is 1.23 bits per heavy atom. The van der Waals surface area contributed by atoms with Crippen LogP contribution in [-0.2, 0) is 11.2 Å². The van der Waals surface area contributed by atoms with Crippen molar-refractivity contribution >= 4 is 22.5 Å². The summed E-state index contributed by atoms with van der Waals surface area (Å²) >= 11 is 0. The molecule has 0 saturated carbocycles. The molecule has 6 rings (SSSR count). The van der Waals surface area contributed by atoms with Gasteiger partial charge in [0, 0.05) is 40.8 Å². The molecule has 1 amide bonds. The second-order valence-electron chi connectivity index (χ2n) is 11.0. The fourth-order valence-corrected chi connectivity index (χ4v) is 6.67. The summed E-state index contributed by atoms with van der Waals surface area (Å²) in [6, 6.07) is 11.9. The Labute approximate surface area is 228 Å². The van der Waals surface area contributed by atoms with Gasteiger partial charge in [-0.2, -0.15) is 0 Å². The molecule has 7 heteroatoms. The second-order valence-corrected chi connectivity index (χ2v) is 11.0. The van der Waals surface area contributed by atoms with E-state index in [1.54, 1.807) is 24.3 Å². The van der Waals surface area contributed by atoms with E-state index in [2.05, 4.69) is 41.9 Å². The largest absolute Gasteiger partial charge is 0.508 e. The van der Waals surface area contributed by atoms with Crippen LogP contribution in [0.2, 0.25) is 0 Å². The normalized spacial score (nSPS) is 20.8. The van der Waals surface area contributed by atoms with Crippen molar-refractivity contribution < 1.29 is 14.3 Å². The molecule has 6 nitrogen and oxygen atoms in total. The summed E-state index contributed by atoms with van der Waals surface area (Å²) in [5.74, 6) is 0.680. The minimum atomic E-state index is -0.241. The van der Waals surface area contributed by atoms with Gasteiger partial charge in [-0.15, -0.1) is 0 Å². The molecular formula is C32H35FN4O2. The molecule has 0 spiro atoms. The number of hydrazine groups is 1. The SMILES string of the molecule is CCCC(C[C@H]1CCC2=C1[C@@H](C)C1=CNN(c3ccc(F)cc3)C1=C2)NC(=O)Cc1c[nH]c2ccc(O)cc12. The first-order valence-electron chi connectivity index (χ1n) is 14.0. The van der Waals surface area contributed by atoms with Gasteiger partial charge in [0.1, 0.15) is 11.6 Å². The first-order valence-corrected chi connectivity index (χ1v) is 14.0. The molecule has 0 saturated heterocycles. The predicted molar refractivity (Wildman–Crippen MR) is 152 cm³/mol. The number of nitrogens with zero attached hydrogens (tertiary/aromatic N) is 1. The number of carbonyl (C=O) groups is 1. The summed E-state index contributed by atoms with van der Waals surface area (Å²) in [5, 5.41) is 16.1. The Balaban J connectivity index is 1.17. The smallest absolute Gasteiger partial charge is 0.224 e. The van der Waals surface area contributed by atoms with E-state index in [4.69, 9.17) is 0 Å². The molecule has 2 heterocycles. The lowest BCUT2D eigenvalue weighted by Gasteiger charge is -2.31. The average Bonchev–Trinajstić information content (AvgIpc) is 3.63. The number of aromatic amines is 1. The molecule has 3 aliphatic rings. The lowest BCUT2D eigenvalue weighted by molar-refractivity contribution is -0.121. The van der Waals surface area contributed by atoms with Crippen molar-refractivity contribution in [1.29, 1.82) is 0 Å². The number of benzene rings is 2. The number of nitrogens with one attached hydrogen (secondary N) is 3. The second kappa shape index (κ2) is 10.3. The third-order valence-corrected chi connectivity index (χ3v) is 8.46. The van der Waals surface area contributed by atoms with Gasteiger partial charge in [-0.1, -0.05) is 25.8 Å². The molecule has 1 aromatic heterocycles. The van der Waals surface area contributed by atoms with E-state index in [-0.39, 0.29) is 35.9 Å². The molecule has 202 valence electrons. The van der Waals surface area contributed by atoms with Gasteiger partial charge in [-0.05, 0) is 91.3 Å². The Morgan fingerprint density at radius 3 is 2.85 bits per heavy atom. The lowest BCUT2D eigenvalue weighted by Crippen LogP contribution is -2.37. The highest BCUT2D eigenvalue weighted by atomic mass is 19.1. The van der Waals surface area contributed by atoms with Crippen LogP contribution in [0.3, 0.4) is 0 Å². The molecule has 4 N–H and O–H groups in total. The topological polar surface area (TPSA) is 80.4 Å². The van der Waals surface area contributed by atoms with Crippen LogP contribution >= 0.6 is 0 Å². The number of halogens is 1. The number of aromatic hydroxyl groups is 1. The van der Waals surface area contributed by atoms with Gasteiger partial charge in [0.15, 0.2) is 0 Å². The number of phenols is 1. The highest BCUT2D eigenvalue weighted by Crippen LogP contribution is 2.49. The van der Waals surface area contributed by atoms with E-state index < -0.39 is 0 Å². The molecule has 39 heavy (non-hydrogen) atoms. The minimum absolute atomic E-state index is 0.0152. The van der Waals surface area contributed by atoms with Crippen LogP contribution in [0, 0.1) is 17.7 Å². The summed E-state index contributed by atoms with van der Waals surface area (Å²) < 4.78 is 13.5. The Kier molecular flexibility index (Phi) is 6.67. The number of hydrogen-bond donors (Lipinski definition) is 4. The summed E-state index contributed by atoms with van der Waals surface area (Å²) in [6.45, 7) is 4.44. The highest BCUT2D eigenvalue weighted by molar-refractivity contribution is 5.89. The first kappa shape index (κ1) is 25.3. The molecule has 3 aromatic rings. The van der Waals surface area contributed by atoms with Crippen molar-refractivity contribution in [2.24, 2.45) is 11.8 Å². The number of carbonyl (C=O) groups excluding carboxylic acids is 1. The van der Waals surface area contributed by atoms with E-state index in [1.807, 2.05) is 17.3 Å². The van der Waals surface area contributed by atoms with Crippen LogP contribution in [0.15, 0.2) is 83.4 Å². The van der Waals surface area contributed by atoms with Crippen LogP contribution in [0.5, 0.6) is 5.75 Å². The zero-order chi connectivity index (χ0) is 27.1. The molecule has 1 unspecified atom stereocenters. The molecular weight excluding hydrogens is 491 g/mol. The van der Waals surface area contributed by atoms with Crippen molar-refractivity contribution in [2.45, 2.75) is 58.4 Å². The number of amides is 1. The number of hydrogen-bond acceptors (Lipinski definition) is 4. The Morgan fingerprint density at radius 2 is 2.05 bits per heavy atom. The van der Waals surface area contributed by atoms with Crippen LogP contribution < -0.4 is 15.8 Å². The zero-order valence-electron chi connectivity index (χ0n) is 22.4. The van der Waals surface area contributed by atoms with Gasteiger partial charge in [0.2, 0.25) is 5.91 Å². The van der Waals surface area contributed by atoms with Gasteiger partial charge in [-0.25, -0.2) is 4.39 Å². The van der Waals surface area contributed by atoms with Crippen molar-refractivity contribution in [3.63, 3.8) is 0 Å². The van der Waals surface area contributed by atoms with Gasteiger partial charge in [0.05, 0.1) is 17.8 Å². The quantitative estimate of drug-likeness (QED) is 0.275. The molecule has 2 aromatic carbocycles. The van der Waals surface area contributed by atoms with E-state index in [1.165, 1.54) is 28.9 Å². The van der Waals surface area contributed by atoms with Gasteiger partial charge in [0.25, 0.3) is 0 Å². The highest BCUT2D eigenvalue weighted by Gasteiger charge is 2.38. The first-order chi connectivity index (χ1) is 18.9. The number of aromatic nitrogens is 1. The van der Waals surface area contributed by atoms with E-state index in [0.717, 1.165) is 60.0 Å². The van der Waals surface area contributed by atoms with E-state index in [0.29, 0.717) is 5.92 Å². The molecule has 2 aliphatic carbocycles. The maximum Gasteiger partial charge on any atom is 0.224 e. The van der Waals surface area contributed by atoms with Gasteiger partial charge >= 0.3 is 0 Å². The third kappa shape index (κ3) is 4.82. The standard InChI is InChI=1S/C32H35FN4O2/c1-3-4-24(36-31(39)15-22-17-34-29-12-11-26(38)16-27(22)29)13-20-5-6-21-14-30-28(19(2)32(20)21)18-35-37(30)25-9-7-23(33)8-10-25/h7-12,14,16-20,24,34-35,38H,3-6,13,15H2,1-2H3,(H,36,39)/t19-,20+,24?/m0/s1. The van der Waals surface area contributed by atoms with Crippen molar-refractivity contribution in [2.75, 3.05) is 5.01 Å². The van der Waals surface area contributed by atoms with Gasteiger partial charge < -0.3 is 20.8 Å². The Bertz CT molecular complexity index is 1500. The predicted octanol–water partition coefficient (Wildman–Crippen LogP) is 6.38. The van der Waals surface area contributed by atoms with Crippen molar-refractivity contribution in [3.05, 3.63) is 94.7 Å². The summed E-state index contributed by atoms with van der Waals surface area (Å²) in [4.78, 5) is 16.3. The lowest BCUT2D eigenvalue weighted by atomic mass is 9.78. The van der Waals surface area contributed by atoms with Gasteiger partial charge in [-0.3, -0.25) is 9.80 Å². The summed E-state index contributed by atoms with van der Waals surface area (Å²) in [6.07, 6.45) is 11.5. The number of rotatable bonds is 8. The number of anilines is 1. The third-order valence-electron chi connectivity index (χ3n) is 8.46. The number of H-pyrrole nitrogens is 1. The Hall–Kier alpha value is -4.00. The molecule has 0 fully saturated rings. The minimum Gasteiger partial charge on any atom is -0.508 e. The number of phenolic OH excluding ortho intramolecular Hbond substituents is 1. The summed E-state index contributed by atoms with van der Waals surface area (Å²) in [7, 11) is 0. The molecule has 1 aliphatic heterocycles. The van der Waals surface area contributed by atoms with Crippen LogP contribution in [-0.4, -0.2) is 22.0 Å². The summed E-state index contributed by atoms with van der Waals surface area (Å²) in [5.41, 5.74) is 11.4. The van der Waals surface area contributed by atoms with E-state index in [9.17, 15) is 14.3 Å². The van der Waals surface area contributed by atoms with Crippen molar-refractivity contribution in [1.82, 2.24) is 15.7 Å². The van der Waals surface area contributed by atoms with Crippen LogP contribution in [0.4, 0.5) is 10.1 Å². The number of allylic oxidation sites excluding steroid dienone is 4. The fraction of sp³-hybridized carbons (Fsp3) is 0.344. The van der Waals surface area contributed by atoms with E-state index >= 15 is 0 Å². The zero-order valence-corrected chi connectivity index (χ0v) is 22.4. The number of fused-ring (bicyclic) bond motifs is 2. The average molecular weight is 527 g/mol. The maximum atomic E-state index is 13.5. The molecule has 3 atom stereocenters. The maximum absolute atomic E-state index is 13.5.